The molecule has 2 rings (SSSR count). The number of hydrogen-bond donors (Lipinski definition) is 2. The van der Waals surface area contributed by atoms with Crippen LogP contribution in [0.2, 0.25) is 0 Å². The molecule has 0 unspecified atom stereocenters. The van der Waals surface area contributed by atoms with Crippen LogP contribution in [0.25, 0.3) is 0 Å². The molecule has 0 saturated heterocycles. The van der Waals surface area contributed by atoms with E-state index < -0.39 is 0 Å². The molecule has 2 aliphatic rings. The number of fused-ring (bicyclic) bond motifs is 1. The molecule has 0 atom stereocenters. The summed E-state index contributed by atoms with van der Waals surface area (Å²) < 4.78 is 0. The van der Waals surface area contributed by atoms with Gasteiger partial charge in [0.15, 0.2) is 0 Å². The van der Waals surface area contributed by atoms with Crippen molar-refractivity contribution in [3.05, 3.63) is 24.3 Å². The van der Waals surface area contributed by atoms with Gasteiger partial charge in [0.2, 0.25) is 0 Å². The highest BCUT2D eigenvalue weighted by molar-refractivity contribution is 5.12. The second-order valence-corrected chi connectivity index (χ2v) is 2.66. The minimum absolute atomic E-state index is 0.716. The van der Waals surface area contributed by atoms with Gasteiger partial charge < -0.3 is 4.90 Å². The Morgan fingerprint density at radius 2 is 2.18 bits per heavy atom. The molecule has 0 aromatic heterocycles. The first kappa shape index (κ1) is 6.51. The van der Waals surface area contributed by atoms with E-state index in [-0.39, 0.29) is 0 Å². The number of rotatable bonds is 0. The van der Waals surface area contributed by atoms with Gasteiger partial charge in [0.1, 0.15) is 12.5 Å². The van der Waals surface area contributed by atoms with Gasteiger partial charge in [0.05, 0.1) is 6.20 Å². The third-order valence-electron chi connectivity index (χ3n) is 1.80. The van der Waals surface area contributed by atoms with Crippen molar-refractivity contribution in [3.8, 4) is 0 Å². The van der Waals surface area contributed by atoms with Crippen LogP contribution in [0.4, 0.5) is 0 Å². The summed E-state index contributed by atoms with van der Waals surface area (Å²) in [6, 6.07) is 0. The minimum Gasteiger partial charge on any atom is -0.333 e. The minimum atomic E-state index is 0.716. The molecule has 5 nitrogen and oxygen atoms in total. The van der Waals surface area contributed by atoms with Crippen molar-refractivity contribution in [2.75, 3.05) is 13.2 Å². The van der Waals surface area contributed by atoms with E-state index in [0.29, 0.717) is 6.67 Å². The lowest BCUT2D eigenvalue weighted by atomic mass is 10.4. The Morgan fingerprint density at radius 1 is 1.36 bits per heavy atom. The first-order chi connectivity index (χ1) is 5.27. The highest BCUT2D eigenvalue weighted by Crippen LogP contribution is 2.17. The van der Waals surface area contributed by atoms with E-state index in [0.717, 1.165) is 12.4 Å². The number of nitrogens with zero attached hydrogens (tertiary/aromatic N) is 3. The van der Waals surface area contributed by atoms with Gasteiger partial charge in [-0.3, -0.25) is 10.0 Å². The summed E-state index contributed by atoms with van der Waals surface area (Å²) in [5, 5.41) is 3.18. The monoisotopic (exact) mass is 153 g/mol. The van der Waals surface area contributed by atoms with Crippen LogP contribution in [0.15, 0.2) is 24.3 Å². The molecule has 0 amide bonds. The van der Waals surface area contributed by atoms with Gasteiger partial charge in [-0.1, -0.05) is 0 Å². The van der Waals surface area contributed by atoms with Gasteiger partial charge in [-0.25, -0.2) is 11.7 Å². The second-order valence-electron chi connectivity index (χ2n) is 2.66. The molecule has 0 saturated carbocycles. The molecule has 2 aliphatic heterocycles. The molecule has 0 radical (unpaired) electrons. The fourth-order valence-corrected chi connectivity index (χ4v) is 1.29. The Bertz CT molecular complexity index is 221. The van der Waals surface area contributed by atoms with Crippen LogP contribution < -0.4 is 11.7 Å². The lowest BCUT2D eigenvalue weighted by Crippen LogP contribution is -2.39. The first-order valence-electron chi connectivity index (χ1n) is 3.46. The third-order valence-corrected chi connectivity index (χ3v) is 1.80. The molecule has 0 spiro atoms. The fourth-order valence-electron chi connectivity index (χ4n) is 1.29. The maximum absolute atomic E-state index is 5.64. The quantitative estimate of drug-likeness (QED) is 0.434. The summed E-state index contributed by atoms with van der Waals surface area (Å²) in [6.45, 7) is 1.60. The van der Waals surface area contributed by atoms with Gasteiger partial charge in [-0.05, 0) is 6.08 Å². The van der Waals surface area contributed by atoms with Crippen LogP contribution >= 0.6 is 0 Å². The molecular formula is C6H11N5. The van der Waals surface area contributed by atoms with Crippen LogP contribution in [-0.2, 0) is 0 Å². The molecule has 0 aliphatic carbocycles. The maximum Gasteiger partial charge on any atom is 0.142 e. The first-order valence-corrected chi connectivity index (χ1v) is 3.46. The van der Waals surface area contributed by atoms with E-state index >= 15 is 0 Å². The zero-order valence-corrected chi connectivity index (χ0v) is 6.14. The Labute approximate surface area is 65.1 Å². The van der Waals surface area contributed by atoms with Crippen LogP contribution in [0, 0.1) is 0 Å². The van der Waals surface area contributed by atoms with Crippen LogP contribution in [0.3, 0.4) is 0 Å². The number of hydrogen-bond acceptors (Lipinski definition) is 5. The highest BCUT2D eigenvalue weighted by atomic mass is 15.6. The van der Waals surface area contributed by atoms with E-state index in [9.17, 15) is 0 Å². The Balaban J connectivity index is 2.24. The SMILES string of the molecule is NN1C=C2N(N)C=CCN2C1. The number of hydrazine groups is 2. The maximum atomic E-state index is 5.64. The van der Waals surface area contributed by atoms with Gasteiger partial charge in [-0.15, -0.1) is 0 Å². The third kappa shape index (κ3) is 0.941. The summed E-state index contributed by atoms with van der Waals surface area (Å²) in [5.74, 6) is 12.2. The largest absolute Gasteiger partial charge is 0.333 e. The van der Waals surface area contributed by atoms with Crippen LogP contribution in [0.5, 0.6) is 0 Å². The van der Waals surface area contributed by atoms with Crippen molar-refractivity contribution < 1.29 is 0 Å². The molecule has 2 heterocycles. The molecule has 4 N–H and O–H groups in total. The van der Waals surface area contributed by atoms with Crippen molar-refractivity contribution in [1.29, 1.82) is 0 Å². The average Bonchev–Trinajstić information content (AvgIpc) is 2.31. The predicted molar refractivity (Wildman–Crippen MR) is 40.8 cm³/mol. The Morgan fingerprint density at radius 3 is 2.91 bits per heavy atom. The molecule has 60 valence electrons. The summed E-state index contributed by atoms with van der Waals surface area (Å²) >= 11 is 0. The normalized spacial score (nSPS) is 22.4. The van der Waals surface area contributed by atoms with Gasteiger partial charge in [-0.2, -0.15) is 0 Å². The Kier molecular flexibility index (Phi) is 1.27. The molecule has 0 aromatic rings. The molecule has 11 heavy (non-hydrogen) atoms. The lowest BCUT2D eigenvalue weighted by Gasteiger charge is -2.28. The van der Waals surface area contributed by atoms with Crippen molar-refractivity contribution in [2.45, 2.75) is 0 Å². The standard InChI is InChI=1S/C6H11N5/c7-10-4-6-9(5-10)2-1-3-11(6)8/h1,3-4H,2,5,7-8H2. The lowest BCUT2D eigenvalue weighted by molar-refractivity contribution is 0.226. The van der Waals surface area contributed by atoms with Crippen molar-refractivity contribution in [2.24, 2.45) is 11.7 Å². The van der Waals surface area contributed by atoms with E-state index in [1.54, 1.807) is 10.0 Å². The number of nitrogens with two attached hydrogens (primary N) is 2. The van der Waals surface area contributed by atoms with E-state index in [1.165, 1.54) is 0 Å². The van der Waals surface area contributed by atoms with Gasteiger partial charge >= 0.3 is 0 Å². The summed E-state index contributed by atoms with van der Waals surface area (Å²) in [4.78, 5) is 2.08. The summed E-state index contributed by atoms with van der Waals surface area (Å²) in [7, 11) is 0. The van der Waals surface area contributed by atoms with Gasteiger partial charge in [0.25, 0.3) is 0 Å². The van der Waals surface area contributed by atoms with E-state index in [4.69, 9.17) is 11.7 Å². The van der Waals surface area contributed by atoms with E-state index in [1.807, 2.05) is 18.5 Å². The fraction of sp³-hybridized carbons (Fsp3) is 0.333. The van der Waals surface area contributed by atoms with E-state index in [2.05, 4.69) is 4.90 Å². The summed E-state index contributed by atoms with van der Waals surface area (Å²) in [5.41, 5.74) is 0. The summed E-state index contributed by atoms with van der Waals surface area (Å²) in [6.07, 6.45) is 5.65. The topological polar surface area (TPSA) is 61.8 Å². The van der Waals surface area contributed by atoms with Crippen molar-refractivity contribution in [3.63, 3.8) is 0 Å². The zero-order chi connectivity index (χ0) is 7.84. The van der Waals surface area contributed by atoms with Crippen LogP contribution in [-0.4, -0.2) is 28.1 Å². The molecule has 5 heteroatoms. The molecular weight excluding hydrogens is 142 g/mol. The van der Waals surface area contributed by atoms with Crippen molar-refractivity contribution in [1.82, 2.24) is 14.9 Å². The molecule has 0 bridgehead atoms. The molecule has 0 fully saturated rings. The van der Waals surface area contributed by atoms with Crippen LogP contribution in [0.1, 0.15) is 0 Å². The smallest absolute Gasteiger partial charge is 0.142 e. The van der Waals surface area contributed by atoms with Gasteiger partial charge in [0, 0.05) is 12.7 Å². The zero-order valence-electron chi connectivity index (χ0n) is 6.14. The predicted octanol–water partition coefficient (Wildman–Crippen LogP) is -1.06. The van der Waals surface area contributed by atoms with Crippen molar-refractivity contribution >= 4 is 0 Å². The highest BCUT2D eigenvalue weighted by Gasteiger charge is 2.22. The Hall–Kier alpha value is -1.20. The molecule has 0 aromatic carbocycles. The second kappa shape index (κ2) is 2.14. The average molecular weight is 153 g/mol.